The quantitative estimate of drug-likeness (QED) is 0.788. The summed E-state index contributed by atoms with van der Waals surface area (Å²) in [4.78, 5) is 29.6. The van der Waals surface area contributed by atoms with Gasteiger partial charge < -0.3 is 15.5 Å². The van der Waals surface area contributed by atoms with Crippen LogP contribution in [0.1, 0.15) is 27.3 Å². The Kier molecular flexibility index (Phi) is 5.05. The van der Waals surface area contributed by atoms with Gasteiger partial charge in [-0.1, -0.05) is 11.6 Å². The van der Waals surface area contributed by atoms with Gasteiger partial charge in [0, 0.05) is 32.9 Å². The van der Waals surface area contributed by atoms with E-state index in [4.69, 9.17) is 0 Å². The Balaban J connectivity index is 1.90. The van der Waals surface area contributed by atoms with Crippen LogP contribution in [0, 0.1) is 0 Å². The van der Waals surface area contributed by atoms with Crippen LogP contribution < -0.4 is 10.6 Å². The van der Waals surface area contributed by atoms with E-state index < -0.39 is 0 Å². The first-order valence-corrected chi connectivity index (χ1v) is 6.93. The van der Waals surface area contributed by atoms with Gasteiger partial charge in [0.15, 0.2) is 0 Å². The molecule has 1 aromatic heterocycles. The fraction of sp³-hybridized carbons (Fsp3) is 0.400. The molecule has 112 valence electrons. The Morgan fingerprint density at radius 3 is 2.71 bits per heavy atom. The summed E-state index contributed by atoms with van der Waals surface area (Å²) in [6.45, 7) is 2.50. The smallest absolute Gasteiger partial charge is 0.269 e. The van der Waals surface area contributed by atoms with E-state index in [1.807, 2.05) is 0 Å². The lowest BCUT2D eigenvalue weighted by Gasteiger charge is -2.22. The van der Waals surface area contributed by atoms with Gasteiger partial charge >= 0.3 is 0 Å². The Labute approximate surface area is 124 Å². The number of carbonyl (C=O) groups is 2. The Bertz CT molecular complexity index is 551. The summed E-state index contributed by atoms with van der Waals surface area (Å²) in [5.41, 5.74) is 2.00. The second-order valence-corrected chi connectivity index (χ2v) is 5.07. The van der Waals surface area contributed by atoms with E-state index in [-0.39, 0.29) is 11.8 Å². The van der Waals surface area contributed by atoms with Crippen LogP contribution in [0.3, 0.4) is 0 Å². The third-order valence-corrected chi connectivity index (χ3v) is 3.47. The van der Waals surface area contributed by atoms with Crippen molar-refractivity contribution in [1.82, 2.24) is 20.5 Å². The summed E-state index contributed by atoms with van der Waals surface area (Å²) in [7, 11) is 3.62. The molecule has 0 unspecified atom stereocenters. The van der Waals surface area contributed by atoms with Crippen LogP contribution in [0.4, 0.5) is 0 Å². The van der Waals surface area contributed by atoms with E-state index in [1.54, 1.807) is 19.2 Å². The molecule has 0 aromatic carbocycles. The first kappa shape index (κ1) is 15.2. The summed E-state index contributed by atoms with van der Waals surface area (Å²) < 4.78 is 0. The highest BCUT2D eigenvalue weighted by atomic mass is 16.2. The molecule has 0 bridgehead atoms. The van der Waals surface area contributed by atoms with Crippen molar-refractivity contribution in [2.45, 2.75) is 6.42 Å². The predicted molar refractivity (Wildman–Crippen MR) is 80.2 cm³/mol. The third kappa shape index (κ3) is 4.13. The molecule has 0 fully saturated rings. The molecule has 1 aromatic rings. The predicted octanol–water partition coefficient (Wildman–Crippen LogP) is 0.433. The summed E-state index contributed by atoms with van der Waals surface area (Å²) in [5, 5.41) is 5.37. The summed E-state index contributed by atoms with van der Waals surface area (Å²) in [5.74, 6) is -0.441. The molecule has 21 heavy (non-hydrogen) atoms. The van der Waals surface area contributed by atoms with E-state index in [1.165, 1.54) is 11.8 Å². The molecular formula is C15H20N4O2. The molecule has 2 amide bonds. The highest BCUT2D eigenvalue weighted by Crippen LogP contribution is 2.08. The first-order valence-electron chi connectivity index (χ1n) is 6.93. The molecule has 2 rings (SSSR count). The van der Waals surface area contributed by atoms with Crippen molar-refractivity contribution < 1.29 is 9.59 Å². The van der Waals surface area contributed by atoms with Gasteiger partial charge in [-0.25, -0.2) is 0 Å². The second-order valence-electron chi connectivity index (χ2n) is 5.07. The lowest BCUT2D eigenvalue weighted by atomic mass is 10.1. The highest BCUT2D eigenvalue weighted by Gasteiger charge is 2.11. The Morgan fingerprint density at radius 1 is 1.33 bits per heavy atom. The van der Waals surface area contributed by atoms with Gasteiger partial charge in [0.1, 0.15) is 5.69 Å². The molecule has 2 N–H and O–H groups in total. The van der Waals surface area contributed by atoms with Gasteiger partial charge in [-0.15, -0.1) is 0 Å². The molecule has 0 radical (unpaired) electrons. The van der Waals surface area contributed by atoms with Crippen molar-refractivity contribution in [3.8, 4) is 0 Å². The second kappa shape index (κ2) is 6.99. The van der Waals surface area contributed by atoms with E-state index >= 15 is 0 Å². The van der Waals surface area contributed by atoms with E-state index in [0.717, 1.165) is 19.5 Å². The zero-order valence-corrected chi connectivity index (χ0v) is 12.3. The van der Waals surface area contributed by atoms with Gasteiger partial charge in [0.05, 0.1) is 5.56 Å². The molecule has 6 nitrogen and oxygen atoms in total. The molecule has 0 aliphatic carbocycles. The van der Waals surface area contributed by atoms with E-state index in [0.29, 0.717) is 17.8 Å². The molecule has 0 spiro atoms. The van der Waals surface area contributed by atoms with Crippen molar-refractivity contribution in [3.63, 3.8) is 0 Å². The van der Waals surface area contributed by atoms with E-state index in [9.17, 15) is 9.59 Å². The minimum absolute atomic E-state index is 0.175. The topological polar surface area (TPSA) is 74.3 Å². The van der Waals surface area contributed by atoms with Crippen molar-refractivity contribution in [2.24, 2.45) is 0 Å². The van der Waals surface area contributed by atoms with Crippen molar-refractivity contribution in [3.05, 3.63) is 41.2 Å². The van der Waals surface area contributed by atoms with Crippen LogP contribution in [-0.4, -0.2) is 55.4 Å². The summed E-state index contributed by atoms with van der Waals surface area (Å²) in [6, 6.07) is 3.15. The number of pyridine rings is 1. The lowest BCUT2D eigenvalue weighted by Crippen LogP contribution is -2.30. The molecule has 1 aliphatic heterocycles. The number of aromatic nitrogens is 1. The van der Waals surface area contributed by atoms with Crippen LogP contribution in [-0.2, 0) is 0 Å². The van der Waals surface area contributed by atoms with Crippen LogP contribution in [0.15, 0.2) is 30.0 Å². The normalized spacial score (nSPS) is 15.2. The van der Waals surface area contributed by atoms with Gasteiger partial charge in [-0.05, 0) is 25.6 Å². The van der Waals surface area contributed by atoms with Crippen LogP contribution in [0.5, 0.6) is 0 Å². The number of nitrogens with one attached hydrogen (secondary N) is 2. The van der Waals surface area contributed by atoms with Crippen LogP contribution in [0.25, 0.3) is 0 Å². The van der Waals surface area contributed by atoms with Crippen molar-refractivity contribution >= 4 is 11.8 Å². The number of amides is 2. The molecule has 0 saturated carbocycles. The highest BCUT2D eigenvalue weighted by molar-refractivity contribution is 5.96. The molecular weight excluding hydrogens is 268 g/mol. The first-order chi connectivity index (χ1) is 10.1. The maximum absolute atomic E-state index is 12.0. The van der Waals surface area contributed by atoms with Gasteiger partial charge in [0.25, 0.3) is 11.8 Å². The average molecular weight is 288 g/mol. The van der Waals surface area contributed by atoms with Gasteiger partial charge in [-0.2, -0.15) is 0 Å². The molecule has 0 atom stereocenters. The fourth-order valence-corrected chi connectivity index (χ4v) is 2.06. The molecule has 0 saturated heterocycles. The number of hydrogen-bond acceptors (Lipinski definition) is 4. The van der Waals surface area contributed by atoms with Gasteiger partial charge in [-0.3, -0.25) is 14.6 Å². The zero-order valence-electron chi connectivity index (χ0n) is 12.3. The minimum Gasteiger partial charge on any atom is -0.354 e. The van der Waals surface area contributed by atoms with Crippen molar-refractivity contribution in [1.29, 1.82) is 0 Å². The summed E-state index contributed by atoms with van der Waals surface area (Å²) >= 11 is 0. The largest absolute Gasteiger partial charge is 0.354 e. The minimum atomic E-state index is -0.265. The van der Waals surface area contributed by atoms with Crippen molar-refractivity contribution in [2.75, 3.05) is 33.7 Å². The van der Waals surface area contributed by atoms with Gasteiger partial charge in [0.2, 0.25) is 0 Å². The lowest BCUT2D eigenvalue weighted by molar-refractivity contribution is 0.0944. The van der Waals surface area contributed by atoms with Crippen LogP contribution >= 0.6 is 0 Å². The SMILES string of the molecule is CNC(=O)c1ccc(C(=O)NCC2=CCN(C)CC2)cn1. The Morgan fingerprint density at radius 2 is 2.14 bits per heavy atom. The number of carbonyl (C=O) groups excluding carboxylic acids is 2. The van der Waals surface area contributed by atoms with Crippen LogP contribution in [0.2, 0.25) is 0 Å². The maximum Gasteiger partial charge on any atom is 0.269 e. The monoisotopic (exact) mass is 288 g/mol. The molecule has 2 heterocycles. The number of nitrogens with zero attached hydrogens (tertiary/aromatic N) is 2. The Hall–Kier alpha value is -2.21. The van der Waals surface area contributed by atoms with E-state index in [2.05, 4.69) is 33.6 Å². The number of likely N-dealkylation sites (N-methyl/N-ethyl adjacent to an activating group) is 1. The number of hydrogen-bond donors (Lipinski definition) is 2. The summed E-state index contributed by atoms with van der Waals surface area (Å²) in [6.07, 6.45) is 4.55. The fourth-order valence-electron chi connectivity index (χ4n) is 2.06. The zero-order chi connectivity index (χ0) is 15.2. The maximum atomic E-state index is 12.0. The standard InChI is InChI=1S/C15H20N4O2/c1-16-15(21)13-4-3-12(10-17-13)14(20)18-9-11-5-7-19(2)8-6-11/h3-5,10H,6-9H2,1-2H3,(H,16,21)(H,18,20). The molecule has 1 aliphatic rings. The molecule has 6 heteroatoms. The third-order valence-electron chi connectivity index (χ3n) is 3.47. The number of rotatable bonds is 4. The average Bonchev–Trinajstić information content (AvgIpc) is 2.53.